The standard InChI is InChI=1S/C5H11P/c1-3-4(2)5(3)6/h3-5H,6H2,1-2H3. The molecule has 1 rings (SSSR count). The van der Waals surface area contributed by atoms with E-state index in [1.807, 2.05) is 0 Å². The predicted octanol–water partition coefficient (Wildman–Crippen LogP) is 1.52. The van der Waals surface area contributed by atoms with Gasteiger partial charge in [0.2, 0.25) is 0 Å². The molecular formula is C5H11P. The molecule has 0 saturated heterocycles. The lowest BCUT2D eigenvalue weighted by Crippen LogP contribution is -1.60. The fourth-order valence-corrected chi connectivity index (χ4v) is 1.27. The molecule has 6 heavy (non-hydrogen) atoms. The summed E-state index contributed by atoms with van der Waals surface area (Å²) in [5.74, 6) is 1.96. The molecule has 3 unspecified atom stereocenters. The van der Waals surface area contributed by atoms with Crippen molar-refractivity contribution < 1.29 is 0 Å². The van der Waals surface area contributed by atoms with Gasteiger partial charge in [-0.1, -0.05) is 13.8 Å². The Morgan fingerprint density at radius 1 is 1.17 bits per heavy atom. The minimum atomic E-state index is 0.935. The first kappa shape index (κ1) is 4.59. The van der Waals surface area contributed by atoms with Crippen molar-refractivity contribution in [2.75, 3.05) is 0 Å². The van der Waals surface area contributed by atoms with Crippen LogP contribution in [0, 0.1) is 11.8 Å². The van der Waals surface area contributed by atoms with Gasteiger partial charge in [-0.15, -0.1) is 9.24 Å². The zero-order valence-corrected chi connectivity index (χ0v) is 5.46. The van der Waals surface area contributed by atoms with Gasteiger partial charge >= 0.3 is 0 Å². The summed E-state index contributed by atoms with van der Waals surface area (Å²) < 4.78 is 0. The Morgan fingerprint density at radius 2 is 1.33 bits per heavy atom. The quantitative estimate of drug-likeness (QED) is 0.407. The van der Waals surface area contributed by atoms with Crippen LogP contribution in [-0.2, 0) is 0 Å². The van der Waals surface area contributed by atoms with Crippen LogP contribution < -0.4 is 0 Å². The molecule has 0 N–H and O–H groups in total. The third kappa shape index (κ3) is 0.479. The number of hydrogen-bond donors (Lipinski definition) is 0. The molecule has 1 heteroatoms. The molecule has 0 heterocycles. The summed E-state index contributed by atoms with van der Waals surface area (Å²) in [6, 6.07) is 0. The smallest absolute Gasteiger partial charge is 0.0207 e. The van der Waals surface area contributed by atoms with E-state index >= 15 is 0 Å². The largest absolute Gasteiger partial charge is 0.134 e. The minimum Gasteiger partial charge on any atom is -0.134 e. The van der Waals surface area contributed by atoms with E-state index in [9.17, 15) is 0 Å². The second-order valence-corrected chi connectivity index (χ2v) is 3.07. The summed E-state index contributed by atoms with van der Waals surface area (Å²) >= 11 is 0. The molecule has 0 amide bonds. The molecule has 1 aliphatic rings. The van der Waals surface area contributed by atoms with Crippen LogP contribution in [0.15, 0.2) is 0 Å². The SMILES string of the molecule is CC1C(C)C1P. The van der Waals surface area contributed by atoms with E-state index in [4.69, 9.17) is 0 Å². The average Bonchev–Trinajstić information content (AvgIpc) is 1.94. The molecule has 3 atom stereocenters. The monoisotopic (exact) mass is 102 g/mol. The summed E-state index contributed by atoms with van der Waals surface area (Å²) in [5, 5.41) is 0. The van der Waals surface area contributed by atoms with Crippen molar-refractivity contribution >= 4 is 9.24 Å². The van der Waals surface area contributed by atoms with Gasteiger partial charge in [-0.2, -0.15) is 0 Å². The Kier molecular flexibility index (Phi) is 0.916. The molecule has 0 aromatic carbocycles. The van der Waals surface area contributed by atoms with E-state index in [2.05, 4.69) is 23.1 Å². The molecule has 36 valence electrons. The van der Waals surface area contributed by atoms with Gasteiger partial charge in [-0.05, 0) is 17.5 Å². The van der Waals surface area contributed by atoms with Crippen molar-refractivity contribution in [2.45, 2.75) is 19.5 Å². The Morgan fingerprint density at radius 3 is 1.33 bits per heavy atom. The fourth-order valence-electron chi connectivity index (χ4n) is 0.701. The highest BCUT2D eigenvalue weighted by atomic mass is 31.0. The van der Waals surface area contributed by atoms with E-state index in [1.165, 1.54) is 0 Å². The van der Waals surface area contributed by atoms with Gasteiger partial charge in [0.1, 0.15) is 0 Å². The van der Waals surface area contributed by atoms with Gasteiger partial charge in [0, 0.05) is 0 Å². The topological polar surface area (TPSA) is 0 Å². The van der Waals surface area contributed by atoms with E-state index < -0.39 is 0 Å². The first-order chi connectivity index (χ1) is 2.73. The Labute approximate surface area is 41.5 Å². The normalized spacial score (nSPS) is 55.5. The summed E-state index contributed by atoms with van der Waals surface area (Å²) in [6.07, 6.45) is 0. The van der Waals surface area contributed by atoms with Crippen LogP contribution in [-0.4, -0.2) is 5.66 Å². The van der Waals surface area contributed by atoms with Crippen LogP contribution in [0.5, 0.6) is 0 Å². The van der Waals surface area contributed by atoms with Gasteiger partial charge in [0.05, 0.1) is 0 Å². The lowest BCUT2D eigenvalue weighted by Gasteiger charge is -1.67. The van der Waals surface area contributed by atoms with Crippen molar-refractivity contribution in [3.8, 4) is 0 Å². The molecule has 0 radical (unpaired) electrons. The summed E-state index contributed by atoms with van der Waals surface area (Å²) in [6.45, 7) is 4.59. The lowest BCUT2D eigenvalue weighted by molar-refractivity contribution is 0.834. The third-order valence-corrected chi connectivity index (χ3v) is 3.12. The van der Waals surface area contributed by atoms with Crippen molar-refractivity contribution in [2.24, 2.45) is 11.8 Å². The third-order valence-electron chi connectivity index (χ3n) is 1.90. The molecular weight excluding hydrogens is 91.0 g/mol. The Bertz CT molecular complexity index is 40.7. The average molecular weight is 102 g/mol. The van der Waals surface area contributed by atoms with Crippen molar-refractivity contribution in [1.82, 2.24) is 0 Å². The molecule has 1 saturated carbocycles. The van der Waals surface area contributed by atoms with Crippen LogP contribution in [0.3, 0.4) is 0 Å². The van der Waals surface area contributed by atoms with Crippen molar-refractivity contribution in [3.63, 3.8) is 0 Å². The molecule has 0 aromatic rings. The molecule has 1 fully saturated rings. The van der Waals surface area contributed by atoms with Crippen molar-refractivity contribution in [1.29, 1.82) is 0 Å². The summed E-state index contributed by atoms with van der Waals surface area (Å²) in [5.41, 5.74) is 0.935. The van der Waals surface area contributed by atoms with Crippen LogP contribution in [0.4, 0.5) is 0 Å². The van der Waals surface area contributed by atoms with Crippen LogP contribution in [0.1, 0.15) is 13.8 Å². The summed E-state index contributed by atoms with van der Waals surface area (Å²) in [4.78, 5) is 0. The Balaban J connectivity index is 2.31. The lowest BCUT2D eigenvalue weighted by atomic mass is 10.4. The summed E-state index contributed by atoms with van der Waals surface area (Å²) in [7, 11) is 2.85. The van der Waals surface area contributed by atoms with E-state index in [-0.39, 0.29) is 0 Å². The van der Waals surface area contributed by atoms with E-state index in [0.29, 0.717) is 0 Å². The predicted molar refractivity (Wildman–Crippen MR) is 31.8 cm³/mol. The highest BCUT2D eigenvalue weighted by Crippen LogP contribution is 2.44. The van der Waals surface area contributed by atoms with Gasteiger partial charge in [0.15, 0.2) is 0 Å². The van der Waals surface area contributed by atoms with Gasteiger partial charge in [-0.3, -0.25) is 0 Å². The second kappa shape index (κ2) is 1.20. The first-order valence-corrected chi connectivity index (χ1v) is 3.15. The molecule has 0 nitrogen and oxygen atoms in total. The fraction of sp³-hybridized carbons (Fsp3) is 1.00. The van der Waals surface area contributed by atoms with Crippen LogP contribution in [0.25, 0.3) is 0 Å². The molecule has 0 aliphatic heterocycles. The van der Waals surface area contributed by atoms with Gasteiger partial charge in [0.25, 0.3) is 0 Å². The van der Waals surface area contributed by atoms with Gasteiger partial charge < -0.3 is 0 Å². The zero-order chi connectivity index (χ0) is 4.73. The minimum absolute atomic E-state index is 0.935. The highest BCUT2D eigenvalue weighted by molar-refractivity contribution is 7.18. The van der Waals surface area contributed by atoms with Crippen LogP contribution in [0.2, 0.25) is 0 Å². The molecule has 0 spiro atoms. The Hall–Kier alpha value is 0.430. The van der Waals surface area contributed by atoms with Gasteiger partial charge in [-0.25, -0.2) is 0 Å². The van der Waals surface area contributed by atoms with E-state index in [0.717, 1.165) is 17.5 Å². The first-order valence-electron chi connectivity index (χ1n) is 2.49. The second-order valence-electron chi connectivity index (χ2n) is 2.30. The van der Waals surface area contributed by atoms with Crippen LogP contribution >= 0.6 is 9.24 Å². The maximum absolute atomic E-state index is 2.85. The zero-order valence-electron chi connectivity index (χ0n) is 4.31. The molecule has 1 aliphatic carbocycles. The van der Waals surface area contributed by atoms with Crippen molar-refractivity contribution in [3.05, 3.63) is 0 Å². The maximum Gasteiger partial charge on any atom is -0.0207 e. The highest BCUT2D eigenvalue weighted by Gasteiger charge is 2.38. The van der Waals surface area contributed by atoms with E-state index in [1.54, 1.807) is 0 Å². The molecule has 0 aromatic heterocycles. The number of rotatable bonds is 0. The molecule has 0 bridgehead atoms. The maximum atomic E-state index is 2.85. The number of hydrogen-bond acceptors (Lipinski definition) is 0.